The molecule has 0 saturated heterocycles. The summed E-state index contributed by atoms with van der Waals surface area (Å²) >= 11 is 7.02. The molecule has 0 saturated carbocycles. The molecule has 120 valence electrons. The van der Waals surface area contributed by atoms with Gasteiger partial charge in [-0.1, -0.05) is 80.4 Å². The van der Waals surface area contributed by atoms with Crippen molar-refractivity contribution >= 4 is 64.8 Å². The number of hydrogen-bond acceptors (Lipinski definition) is 2. The highest BCUT2D eigenvalue weighted by Crippen LogP contribution is 2.29. The second kappa shape index (κ2) is 7.24. The lowest BCUT2D eigenvalue weighted by Gasteiger charge is -2.03. The number of halogens is 2. The number of benzene rings is 4. The smallest absolute Gasteiger partial charge is 0.0394 e. The number of nitrogen functional groups attached to an aromatic ring is 2. The predicted molar refractivity (Wildman–Crippen MR) is 112 cm³/mol. The zero-order valence-corrected chi connectivity index (χ0v) is 16.0. The molecule has 0 aliphatic heterocycles. The fourth-order valence-electron chi connectivity index (χ4n) is 2.59. The van der Waals surface area contributed by atoms with E-state index in [4.69, 9.17) is 11.5 Å². The van der Waals surface area contributed by atoms with Crippen molar-refractivity contribution in [3.63, 3.8) is 0 Å². The van der Waals surface area contributed by atoms with Gasteiger partial charge in [0.1, 0.15) is 0 Å². The Bertz CT molecular complexity index is 847. The summed E-state index contributed by atoms with van der Waals surface area (Å²) in [7, 11) is 0. The van der Waals surface area contributed by atoms with Gasteiger partial charge in [0.05, 0.1) is 0 Å². The van der Waals surface area contributed by atoms with Crippen LogP contribution in [0.1, 0.15) is 0 Å². The Morgan fingerprint density at radius 2 is 0.792 bits per heavy atom. The van der Waals surface area contributed by atoms with Crippen molar-refractivity contribution in [2.24, 2.45) is 0 Å². The molecule has 2 nitrogen and oxygen atoms in total. The third kappa shape index (κ3) is 3.40. The van der Waals surface area contributed by atoms with Crippen LogP contribution in [0.3, 0.4) is 0 Å². The standard InChI is InChI=1S/C10H6Br2.C10H10N2/c2*11-9-5-1-3-7-8(9)4-2-6-10(7)12/h1-6H;1-6H,11-12H2. The average molecular weight is 444 g/mol. The second-order valence-electron chi connectivity index (χ2n) is 5.36. The number of nitrogens with two attached hydrogens (primary N) is 2. The van der Waals surface area contributed by atoms with Crippen LogP contribution < -0.4 is 11.5 Å². The highest BCUT2D eigenvalue weighted by atomic mass is 79.9. The minimum absolute atomic E-state index is 0.778. The Balaban J connectivity index is 0.000000141. The Labute approximate surface area is 157 Å². The predicted octanol–water partition coefficient (Wildman–Crippen LogP) is 6.37. The fourth-order valence-corrected chi connectivity index (χ4v) is 3.59. The second-order valence-corrected chi connectivity index (χ2v) is 7.07. The molecule has 0 atom stereocenters. The first-order chi connectivity index (χ1) is 11.6. The Hall–Kier alpha value is -2.04. The van der Waals surface area contributed by atoms with E-state index in [1.165, 1.54) is 10.8 Å². The normalized spacial score (nSPS) is 10.4. The number of rotatable bonds is 0. The molecular formula is C20H16Br2N2. The largest absolute Gasteiger partial charge is 0.398 e. The Morgan fingerprint density at radius 1 is 0.458 bits per heavy atom. The summed E-state index contributed by atoms with van der Waals surface area (Å²) in [5.41, 5.74) is 13.1. The van der Waals surface area contributed by atoms with Crippen LogP contribution in [0.4, 0.5) is 11.4 Å². The molecule has 0 bridgehead atoms. The first kappa shape index (κ1) is 16.8. The minimum atomic E-state index is 0.778. The van der Waals surface area contributed by atoms with Gasteiger partial charge in [0.2, 0.25) is 0 Å². The third-order valence-corrected chi connectivity index (χ3v) is 5.19. The lowest BCUT2D eigenvalue weighted by molar-refractivity contribution is 1.68. The summed E-state index contributed by atoms with van der Waals surface area (Å²) in [4.78, 5) is 0. The van der Waals surface area contributed by atoms with Crippen LogP contribution in [0.25, 0.3) is 21.5 Å². The van der Waals surface area contributed by atoms with Gasteiger partial charge in [-0.25, -0.2) is 0 Å². The van der Waals surface area contributed by atoms with Crippen molar-refractivity contribution in [3.05, 3.63) is 81.7 Å². The zero-order valence-electron chi connectivity index (χ0n) is 12.8. The van der Waals surface area contributed by atoms with Crippen molar-refractivity contribution in [2.45, 2.75) is 0 Å². The fraction of sp³-hybridized carbons (Fsp3) is 0. The van der Waals surface area contributed by atoms with Crippen LogP contribution in [0.2, 0.25) is 0 Å². The molecule has 0 amide bonds. The molecule has 0 heterocycles. The average Bonchev–Trinajstić information content (AvgIpc) is 2.58. The van der Waals surface area contributed by atoms with E-state index in [2.05, 4.69) is 56.1 Å². The Morgan fingerprint density at radius 3 is 1.21 bits per heavy atom. The summed E-state index contributed by atoms with van der Waals surface area (Å²) in [6.45, 7) is 0. The van der Waals surface area contributed by atoms with Gasteiger partial charge < -0.3 is 11.5 Å². The number of fused-ring (bicyclic) bond motifs is 2. The van der Waals surface area contributed by atoms with Crippen LogP contribution in [0, 0.1) is 0 Å². The van der Waals surface area contributed by atoms with Gasteiger partial charge in [0.15, 0.2) is 0 Å². The molecule has 4 heteroatoms. The molecule has 4 rings (SSSR count). The summed E-state index contributed by atoms with van der Waals surface area (Å²) in [6.07, 6.45) is 0. The lowest BCUT2D eigenvalue weighted by Crippen LogP contribution is -1.90. The maximum Gasteiger partial charge on any atom is 0.0394 e. The molecule has 0 aliphatic carbocycles. The molecule has 4 aromatic rings. The van der Waals surface area contributed by atoms with E-state index < -0.39 is 0 Å². The molecule has 4 aromatic carbocycles. The quantitative estimate of drug-likeness (QED) is 0.310. The van der Waals surface area contributed by atoms with Crippen molar-refractivity contribution in [2.75, 3.05) is 11.5 Å². The van der Waals surface area contributed by atoms with Gasteiger partial charge >= 0.3 is 0 Å². The van der Waals surface area contributed by atoms with E-state index in [0.717, 1.165) is 31.1 Å². The lowest BCUT2D eigenvalue weighted by atomic mass is 10.1. The molecule has 0 fully saturated rings. The molecule has 0 aliphatic rings. The van der Waals surface area contributed by atoms with E-state index in [9.17, 15) is 0 Å². The van der Waals surface area contributed by atoms with Gasteiger partial charge in [0.25, 0.3) is 0 Å². The van der Waals surface area contributed by atoms with Crippen LogP contribution in [-0.2, 0) is 0 Å². The summed E-state index contributed by atoms with van der Waals surface area (Å²) in [6, 6.07) is 23.9. The molecule has 0 spiro atoms. The topological polar surface area (TPSA) is 52.0 Å². The third-order valence-electron chi connectivity index (χ3n) is 3.81. The van der Waals surface area contributed by atoms with Gasteiger partial charge in [-0.15, -0.1) is 0 Å². The summed E-state index contributed by atoms with van der Waals surface area (Å²) in [5, 5.41) is 4.54. The zero-order chi connectivity index (χ0) is 17.1. The number of hydrogen-bond donors (Lipinski definition) is 2. The molecule has 24 heavy (non-hydrogen) atoms. The van der Waals surface area contributed by atoms with E-state index in [0.29, 0.717) is 0 Å². The SMILES string of the molecule is Brc1cccc2c(Br)cccc12.Nc1cccc2c(N)cccc12. The Kier molecular flexibility index (Phi) is 5.07. The maximum atomic E-state index is 5.77. The van der Waals surface area contributed by atoms with Gasteiger partial charge in [-0.3, -0.25) is 0 Å². The monoisotopic (exact) mass is 442 g/mol. The van der Waals surface area contributed by atoms with Crippen LogP contribution in [0.5, 0.6) is 0 Å². The van der Waals surface area contributed by atoms with E-state index in [1.54, 1.807) is 0 Å². The molecule has 0 aromatic heterocycles. The van der Waals surface area contributed by atoms with Crippen LogP contribution in [0.15, 0.2) is 81.7 Å². The molecular weight excluding hydrogens is 428 g/mol. The van der Waals surface area contributed by atoms with Gasteiger partial charge in [-0.05, 0) is 35.0 Å². The first-order valence-electron chi connectivity index (χ1n) is 7.43. The maximum absolute atomic E-state index is 5.77. The van der Waals surface area contributed by atoms with Crippen molar-refractivity contribution in [1.29, 1.82) is 0 Å². The number of anilines is 2. The highest BCUT2D eigenvalue weighted by Gasteiger charge is 1.99. The van der Waals surface area contributed by atoms with E-state index in [1.807, 2.05) is 48.5 Å². The molecule has 0 unspecified atom stereocenters. The summed E-state index contributed by atoms with van der Waals surface area (Å²) < 4.78 is 2.28. The minimum Gasteiger partial charge on any atom is -0.398 e. The van der Waals surface area contributed by atoms with Crippen molar-refractivity contribution < 1.29 is 0 Å². The summed E-state index contributed by atoms with van der Waals surface area (Å²) in [5.74, 6) is 0. The van der Waals surface area contributed by atoms with Gasteiger partial charge in [0, 0.05) is 31.1 Å². The molecule has 4 N–H and O–H groups in total. The highest BCUT2D eigenvalue weighted by molar-refractivity contribution is 9.11. The van der Waals surface area contributed by atoms with Crippen LogP contribution in [-0.4, -0.2) is 0 Å². The van der Waals surface area contributed by atoms with Crippen molar-refractivity contribution in [3.8, 4) is 0 Å². The first-order valence-corrected chi connectivity index (χ1v) is 9.02. The molecule has 0 radical (unpaired) electrons. The van der Waals surface area contributed by atoms with Gasteiger partial charge in [-0.2, -0.15) is 0 Å². The van der Waals surface area contributed by atoms with E-state index in [-0.39, 0.29) is 0 Å². The van der Waals surface area contributed by atoms with Crippen molar-refractivity contribution in [1.82, 2.24) is 0 Å². The van der Waals surface area contributed by atoms with E-state index >= 15 is 0 Å². The van der Waals surface area contributed by atoms with Crippen LogP contribution >= 0.6 is 31.9 Å².